The number of amides is 2. The van der Waals surface area contributed by atoms with E-state index in [4.69, 9.17) is 5.73 Å². The van der Waals surface area contributed by atoms with Gasteiger partial charge >= 0.3 is 0 Å². The molecule has 2 amide bonds. The zero-order chi connectivity index (χ0) is 18.9. The van der Waals surface area contributed by atoms with Gasteiger partial charge in [0, 0.05) is 38.2 Å². The number of aromatic nitrogens is 2. The first-order valence-electron chi connectivity index (χ1n) is 8.81. The van der Waals surface area contributed by atoms with Gasteiger partial charge in [-0.3, -0.25) is 9.59 Å². The van der Waals surface area contributed by atoms with E-state index in [0.717, 1.165) is 12.2 Å². The Bertz CT molecular complexity index is 712. The molecule has 7 nitrogen and oxygen atoms in total. The highest BCUT2D eigenvalue weighted by molar-refractivity contribution is 5.82. The van der Waals surface area contributed by atoms with Gasteiger partial charge in [-0.15, -0.1) is 0 Å². The van der Waals surface area contributed by atoms with Crippen LogP contribution in [0.3, 0.4) is 0 Å². The molecule has 2 rings (SSSR count). The zero-order valence-electron chi connectivity index (χ0n) is 15.3. The molecule has 1 heterocycles. The minimum atomic E-state index is -0.670. The molecule has 0 saturated heterocycles. The Kier molecular flexibility index (Phi) is 7.35. The number of imidazole rings is 1. The molecule has 0 saturated carbocycles. The van der Waals surface area contributed by atoms with Crippen molar-refractivity contribution in [2.45, 2.75) is 32.9 Å². The summed E-state index contributed by atoms with van der Waals surface area (Å²) in [7, 11) is 0. The lowest BCUT2D eigenvalue weighted by atomic mass is 10.1. The van der Waals surface area contributed by atoms with E-state index < -0.39 is 6.04 Å². The van der Waals surface area contributed by atoms with Crippen LogP contribution in [0.4, 0.5) is 0 Å². The largest absolute Gasteiger partial charge is 0.354 e. The quantitative estimate of drug-likeness (QED) is 0.575. The van der Waals surface area contributed by atoms with Crippen LogP contribution < -0.4 is 16.4 Å². The first kappa shape index (κ1) is 19.7. The average Bonchev–Trinajstić information content (AvgIpc) is 3.05. The molecule has 0 fully saturated rings. The van der Waals surface area contributed by atoms with Crippen LogP contribution in [0.5, 0.6) is 0 Å². The molecule has 26 heavy (non-hydrogen) atoms. The van der Waals surface area contributed by atoms with E-state index in [0.29, 0.717) is 19.5 Å². The van der Waals surface area contributed by atoms with Gasteiger partial charge in [0.15, 0.2) is 0 Å². The van der Waals surface area contributed by atoms with E-state index in [1.54, 1.807) is 6.33 Å². The predicted octanol–water partition coefficient (Wildman–Crippen LogP) is 0.690. The van der Waals surface area contributed by atoms with E-state index in [9.17, 15) is 9.59 Å². The van der Waals surface area contributed by atoms with E-state index >= 15 is 0 Å². The second-order valence-electron chi connectivity index (χ2n) is 6.57. The Morgan fingerprint density at radius 2 is 1.77 bits per heavy atom. The van der Waals surface area contributed by atoms with Gasteiger partial charge in [-0.1, -0.05) is 44.2 Å². The SMILES string of the molecule is CC(C)C(=O)NCCNC(=O)[C@@H](N)Cc1cn(Cc2ccccc2)cn1. The van der Waals surface area contributed by atoms with Crippen LogP contribution in [0.2, 0.25) is 0 Å². The van der Waals surface area contributed by atoms with Crippen LogP contribution in [0.15, 0.2) is 42.9 Å². The lowest BCUT2D eigenvalue weighted by Gasteiger charge is -2.12. The summed E-state index contributed by atoms with van der Waals surface area (Å²) in [6.07, 6.45) is 4.02. The predicted molar refractivity (Wildman–Crippen MR) is 100 cm³/mol. The number of carbonyl (C=O) groups excluding carboxylic acids is 2. The summed E-state index contributed by atoms with van der Waals surface area (Å²) in [5, 5.41) is 5.47. The van der Waals surface area contributed by atoms with Crippen LogP contribution in [0.25, 0.3) is 0 Å². The van der Waals surface area contributed by atoms with Gasteiger partial charge in [0.25, 0.3) is 0 Å². The topological polar surface area (TPSA) is 102 Å². The van der Waals surface area contributed by atoms with Crippen molar-refractivity contribution < 1.29 is 9.59 Å². The lowest BCUT2D eigenvalue weighted by molar-refractivity contribution is -0.125. The molecule has 7 heteroatoms. The van der Waals surface area contributed by atoms with Gasteiger partial charge in [0.1, 0.15) is 0 Å². The van der Waals surface area contributed by atoms with Gasteiger partial charge in [-0.25, -0.2) is 4.98 Å². The second-order valence-corrected chi connectivity index (χ2v) is 6.57. The summed E-state index contributed by atoms with van der Waals surface area (Å²) in [5.41, 5.74) is 7.91. The maximum atomic E-state index is 12.0. The number of nitrogens with two attached hydrogens (primary N) is 1. The second kappa shape index (κ2) is 9.72. The van der Waals surface area contributed by atoms with Crippen molar-refractivity contribution in [2.24, 2.45) is 11.7 Å². The van der Waals surface area contributed by atoms with Crippen molar-refractivity contribution in [3.05, 3.63) is 54.1 Å². The highest BCUT2D eigenvalue weighted by Crippen LogP contribution is 2.05. The Labute approximate surface area is 154 Å². The van der Waals surface area contributed by atoms with Gasteiger partial charge in [0.05, 0.1) is 18.1 Å². The van der Waals surface area contributed by atoms with Gasteiger partial charge < -0.3 is 20.9 Å². The molecule has 0 aliphatic rings. The van der Waals surface area contributed by atoms with Crippen LogP contribution >= 0.6 is 0 Å². The summed E-state index contributed by atoms with van der Waals surface area (Å²) < 4.78 is 1.97. The van der Waals surface area contributed by atoms with E-state index in [-0.39, 0.29) is 17.7 Å². The number of hydrogen-bond donors (Lipinski definition) is 3. The normalized spacial score (nSPS) is 12.0. The number of benzene rings is 1. The first-order chi connectivity index (χ1) is 12.5. The third-order valence-corrected chi connectivity index (χ3v) is 3.91. The molecule has 0 radical (unpaired) electrons. The van der Waals surface area contributed by atoms with E-state index in [1.807, 2.05) is 42.8 Å². The third kappa shape index (κ3) is 6.33. The monoisotopic (exact) mass is 357 g/mol. The molecule has 0 aliphatic carbocycles. The van der Waals surface area contributed by atoms with Crippen molar-refractivity contribution in [1.29, 1.82) is 0 Å². The molecule has 1 aromatic carbocycles. The molecular weight excluding hydrogens is 330 g/mol. The Hall–Kier alpha value is -2.67. The number of carbonyl (C=O) groups is 2. The number of nitrogens with one attached hydrogen (secondary N) is 2. The Morgan fingerprint density at radius 1 is 1.12 bits per heavy atom. The van der Waals surface area contributed by atoms with Crippen molar-refractivity contribution in [1.82, 2.24) is 20.2 Å². The van der Waals surface area contributed by atoms with Crippen molar-refractivity contribution >= 4 is 11.8 Å². The fourth-order valence-corrected chi connectivity index (χ4v) is 2.42. The van der Waals surface area contributed by atoms with E-state index in [2.05, 4.69) is 27.8 Å². The molecule has 1 aromatic heterocycles. The molecule has 0 aliphatic heterocycles. The number of rotatable bonds is 9. The summed E-state index contributed by atoms with van der Waals surface area (Å²) in [5.74, 6) is -0.354. The van der Waals surface area contributed by atoms with Gasteiger partial charge in [0.2, 0.25) is 11.8 Å². The van der Waals surface area contributed by atoms with E-state index in [1.165, 1.54) is 5.56 Å². The number of hydrogen-bond acceptors (Lipinski definition) is 4. The molecular formula is C19H27N5O2. The van der Waals surface area contributed by atoms with Crippen LogP contribution in [0, 0.1) is 5.92 Å². The molecule has 2 aromatic rings. The van der Waals surface area contributed by atoms with Crippen molar-refractivity contribution in [3.63, 3.8) is 0 Å². The lowest BCUT2D eigenvalue weighted by Crippen LogP contribution is -2.45. The van der Waals surface area contributed by atoms with Crippen molar-refractivity contribution in [2.75, 3.05) is 13.1 Å². The highest BCUT2D eigenvalue weighted by Gasteiger charge is 2.15. The summed E-state index contributed by atoms with van der Waals surface area (Å²) in [6.45, 7) is 5.11. The Balaban J connectivity index is 1.74. The Morgan fingerprint density at radius 3 is 2.42 bits per heavy atom. The maximum absolute atomic E-state index is 12.0. The van der Waals surface area contributed by atoms with Crippen LogP contribution in [-0.4, -0.2) is 40.5 Å². The minimum absolute atomic E-state index is 0.0347. The summed E-state index contributed by atoms with van der Waals surface area (Å²) in [4.78, 5) is 27.8. The smallest absolute Gasteiger partial charge is 0.237 e. The van der Waals surface area contributed by atoms with Crippen LogP contribution in [-0.2, 0) is 22.6 Å². The highest BCUT2D eigenvalue weighted by atomic mass is 16.2. The fourth-order valence-electron chi connectivity index (χ4n) is 2.42. The first-order valence-corrected chi connectivity index (χ1v) is 8.81. The van der Waals surface area contributed by atoms with Gasteiger partial charge in [-0.2, -0.15) is 0 Å². The standard InChI is InChI=1S/C19H27N5O2/c1-14(2)18(25)21-8-9-22-19(26)17(20)10-16-12-24(13-23-16)11-15-6-4-3-5-7-15/h3-7,12-14,17H,8-11,20H2,1-2H3,(H,21,25)(H,22,26)/t17-/m0/s1. The molecule has 0 bridgehead atoms. The average molecular weight is 357 g/mol. The molecule has 1 atom stereocenters. The molecule has 140 valence electrons. The summed E-state index contributed by atoms with van der Waals surface area (Å²) in [6, 6.07) is 9.41. The third-order valence-electron chi connectivity index (χ3n) is 3.91. The molecule has 0 spiro atoms. The summed E-state index contributed by atoms with van der Waals surface area (Å²) >= 11 is 0. The van der Waals surface area contributed by atoms with Gasteiger partial charge in [-0.05, 0) is 5.56 Å². The zero-order valence-corrected chi connectivity index (χ0v) is 15.3. The maximum Gasteiger partial charge on any atom is 0.237 e. The number of nitrogens with zero attached hydrogens (tertiary/aromatic N) is 2. The molecule has 4 N–H and O–H groups in total. The minimum Gasteiger partial charge on any atom is -0.354 e. The molecule has 0 unspecified atom stereocenters. The van der Waals surface area contributed by atoms with Crippen LogP contribution in [0.1, 0.15) is 25.1 Å². The fraction of sp³-hybridized carbons (Fsp3) is 0.421. The van der Waals surface area contributed by atoms with Crippen molar-refractivity contribution in [3.8, 4) is 0 Å².